The molecule has 0 fully saturated rings. The van der Waals surface area contributed by atoms with Crippen molar-refractivity contribution >= 4 is 11.8 Å². The van der Waals surface area contributed by atoms with Crippen molar-refractivity contribution in [2.45, 2.75) is 31.8 Å². The summed E-state index contributed by atoms with van der Waals surface area (Å²) in [5, 5.41) is 9.83. The molecule has 0 saturated carbocycles. The Morgan fingerprint density at radius 2 is 1.65 bits per heavy atom. The fraction of sp³-hybridized carbons (Fsp3) is 0.263. The monoisotopic (exact) mass is 323 g/mol. The van der Waals surface area contributed by atoms with Gasteiger partial charge in [0.25, 0.3) is 0 Å². The van der Waals surface area contributed by atoms with Crippen LogP contribution in [0.3, 0.4) is 0 Å². The zero-order valence-electron chi connectivity index (χ0n) is 13.6. The van der Waals surface area contributed by atoms with E-state index in [-0.39, 0.29) is 0 Å². The molecular weight excluding hydrogens is 302 g/mol. The lowest BCUT2D eigenvalue weighted by Gasteiger charge is -2.11. The van der Waals surface area contributed by atoms with Gasteiger partial charge in [0, 0.05) is 17.0 Å². The van der Waals surface area contributed by atoms with Crippen molar-refractivity contribution in [2.75, 3.05) is 5.75 Å². The van der Waals surface area contributed by atoms with Crippen molar-refractivity contribution in [3.63, 3.8) is 0 Å². The maximum absolute atomic E-state index is 4.45. The van der Waals surface area contributed by atoms with Crippen LogP contribution in [0.15, 0.2) is 59.8 Å². The second-order valence-electron chi connectivity index (χ2n) is 5.38. The molecule has 0 aliphatic carbocycles. The zero-order valence-corrected chi connectivity index (χ0v) is 14.4. The first-order chi connectivity index (χ1) is 11.3. The van der Waals surface area contributed by atoms with E-state index in [4.69, 9.17) is 0 Å². The van der Waals surface area contributed by atoms with Crippen LogP contribution < -0.4 is 0 Å². The second kappa shape index (κ2) is 7.47. The molecule has 0 amide bonds. The minimum Gasteiger partial charge on any atom is -0.270 e. The van der Waals surface area contributed by atoms with E-state index in [2.05, 4.69) is 65.0 Å². The van der Waals surface area contributed by atoms with E-state index >= 15 is 0 Å². The predicted octanol–water partition coefficient (Wildman–Crippen LogP) is 5.00. The molecule has 0 unspecified atom stereocenters. The van der Waals surface area contributed by atoms with E-state index in [1.54, 1.807) is 11.8 Å². The molecule has 0 N–H and O–H groups in total. The van der Waals surface area contributed by atoms with Crippen LogP contribution in [-0.2, 0) is 6.42 Å². The van der Waals surface area contributed by atoms with E-state index in [0.717, 1.165) is 40.8 Å². The molecular formula is C19H21N3S. The van der Waals surface area contributed by atoms with E-state index in [1.165, 1.54) is 5.56 Å². The highest BCUT2D eigenvalue weighted by molar-refractivity contribution is 7.99. The van der Waals surface area contributed by atoms with Crippen molar-refractivity contribution in [1.82, 2.24) is 14.8 Å². The lowest BCUT2D eigenvalue weighted by atomic mass is 10.1. The Morgan fingerprint density at radius 3 is 2.30 bits per heavy atom. The number of thioether (sulfide) groups is 1. The average Bonchev–Trinajstić information content (AvgIpc) is 3.04. The molecule has 0 radical (unpaired) electrons. The third kappa shape index (κ3) is 3.48. The topological polar surface area (TPSA) is 30.7 Å². The molecule has 0 spiro atoms. The molecule has 0 atom stereocenters. The fourth-order valence-electron chi connectivity index (χ4n) is 2.44. The highest BCUT2D eigenvalue weighted by Gasteiger charge is 2.15. The third-order valence-corrected chi connectivity index (χ3v) is 4.84. The van der Waals surface area contributed by atoms with Crippen LogP contribution in [0.1, 0.15) is 25.8 Å². The Morgan fingerprint density at radius 1 is 0.913 bits per heavy atom. The average molecular weight is 323 g/mol. The van der Waals surface area contributed by atoms with Gasteiger partial charge in [0.15, 0.2) is 11.0 Å². The van der Waals surface area contributed by atoms with Crippen LogP contribution in [0.4, 0.5) is 0 Å². The van der Waals surface area contributed by atoms with Crippen molar-refractivity contribution in [2.24, 2.45) is 0 Å². The lowest BCUT2D eigenvalue weighted by molar-refractivity contribution is 0.883. The summed E-state index contributed by atoms with van der Waals surface area (Å²) in [5.41, 5.74) is 3.54. The standard InChI is InChI=1S/C19H21N3S/c1-3-14-23-19-21-20-18(16-8-6-5-7-9-16)22(19)17-12-10-15(4-2)11-13-17/h5-13H,3-4,14H2,1-2H3. The molecule has 118 valence electrons. The quantitative estimate of drug-likeness (QED) is 0.598. The van der Waals surface area contributed by atoms with Gasteiger partial charge >= 0.3 is 0 Å². The first-order valence-corrected chi connectivity index (χ1v) is 9.05. The Hall–Kier alpha value is -2.07. The highest BCUT2D eigenvalue weighted by Crippen LogP contribution is 2.28. The Bertz CT molecular complexity index is 748. The Kier molecular flexibility index (Phi) is 5.13. The molecule has 4 heteroatoms. The minimum absolute atomic E-state index is 0.897. The number of nitrogens with zero attached hydrogens (tertiary/aromatic N) is 3. The molecule has 0 saturated heterocycles. The SMILES string of the molecule is CCCSc1nnc(-c2ccccc2)n1-c1ccc(CC)cc1. The van der Waals surface area contributed by atoms with Gasteiger partial charge in [-0.3, -0.25) is 4.57 Å². The van der Waals surface area contributed by atoms with Crippen molar-refractivity contribution < 1.29 is 0 Å². The summed E-state index contributed by atoms with van der Waals surface area (Å²) >= 11 is 1.76. The number of aryl methyl sites for hydroxylation is 1. The fourth-order valence-corrected chi connectivity index (χ4v) is 3.25. The van der Waals surface area contributed by atoms with Gasteiger partial charge in [0.2, 0.25) is 0 Å². The number of hydrogen-bond acceptors (Lipinski definition) is 3. The summed E-state index contributed by atoms with van der Waals surface area (Å²) in [6.07, 6.45) is 2.17. The Balaban J connectivity index is 2.08. The van der Waals surface area contributed by atoms with Gasteiger partial charge in [-0.2, -0.15) is 0 Å². The molecule has 0 aliphatic heterocycles. The lowest BCUT2D eigenvalue weighted by Crippen LogP contribution is -2.00. The molecule has 2 aromatic carbocycles. The maximum atomic E-state index is 4.45. The first-order valence-electron chi connectivity index (χ1n) is 8.06. The van der Waals surface area contributed by atoms with Gasteiger partial charge in [0.1, 0.15) is 0 Å². The molecule has 3 nitrogen and oxygen atoms in total. The van der Waals surface area contributed by atoms with Gasteiger partial charge in [-0.25, -0.2) is 0 Å². The molecule has 1 aromatic heterocycles. The summed E-state index contributed by atoms with van der Waals surface area (Å²) < 4.78 is 2.16. The summed E-state index contributed by atoms with van der Waals surface area (Å²) in [4.78, 5) is 0. The van der Waals surface area contributed by atoms with Crippen molar-refractivity contribution in [3.05, 3.63) is 60.2 Å². The zero-order chi connectivity index (χ0) is 16.1. The molecule has 3 rings (SSSR count). The maximum Gasteiger partial charge on any atom is 0.196 e. The van der Waals surface area contributed by atoms with E-state index in [0.29, 0.717) is 0 Å². The van der Waals surface area contributed by atoms with Gasteiger partial charge in [-0.05, 0) is 30.5 Å². The molecule has 0 aliphatic rings. The van der Waals surface area contributed by atoms with Gasteiger partial charge < -0.3 is 0 Å². The van der Waals surface area contributed by atoms with E-state index in [1.807, 2.05) is 18.2 Å². The number of rotatable bonds is 6. The third-order valence-electron chi connectivity index (χ3n) is 3.70. The highest BCUT2D eigenvalue weighted by atomic mass is 32.2. The second-order valence-corrected chi connectivity index (χ2v) is 6.44. The number of hydrogen-bond donors (Lipinski definition) is 0. The number of aromatic nitrogens is 3. The van der Waals surface area contributed by atoms with Crippen LogP contribution in [0.25, 0.3) is 17.1 Å². The van der Waals surface area contributed by atoms with Gasteiger partial charge in [-0.15, -0.1) is 10.2 Å². The van der Waals surface area contributed by atoms with E-state index < -0.39 is 0 Å². The Labute approximate surface area is 141 Å². The predicted molar refractivity (Wildman–Crippen MR) is 97.2 cm³/mol. The summed E-state index contributed by atoms with van der Waals surface area (Å²) in [6.45, 7) is 4.35. The van der Waals surface area contributed by atoms with Crippen LogP contribution in [0.2, 0.25) is 0 Å². The van der Waals surface area contributed by atoms with Crippen LogP contribution in [0.5, 0.6) is 0 Å². The van der Waals surface area contributed by atoms with Crippen LogP contribution in [0, 0.1) is 0 Å². The first kappa shape index (κ1) is 15.8. The summed E-state index contributed by atoms with van der Waals surface area (Å²) in [5.74, 6) is 1.94. The molecule has 0 bridgehead atoms. The van der Waals surface area contributed by atoms with Crippen molar-refractivity contribution in [1.29, 1.82) is 0 Å². The minimum atomic E-state index is 0.897. The normalized spacial score (nSPS) is 10.9. The largest absolute Gasteiger partial charge is 0.270 e. The van der Waals surface area contributed by atoms with Crippen LogP contribution >= 0.6 is 11.8 Å². The molecule has 1 heterocycles. The van der Waals surface area contributed by atoms with Gasteiger partial charge in [-0.1, -0.05) is 68.1 Å². The van der Waals surface area contributed by atoms with E-state index in [9.17, 15) is 0 Å². The summed E-state index contributed by atoms with van der Waals surface area (Å²) in [7, 11) is 0. The van der Waals surface area contributed by atoms with Gasteiger partial charge in [0.05, 0.1) is 0 Å². The van der Waals surface area contributed by atoms with Crippen LogP contribution in [-0.4, -0.2) is 20.5 Å². The summed E-state index contributed by atoms with van der Waals surface area (Å²) in [6, 6.07) is 18.9. The molecule has 3 aromatic rings. The number of benzene rings is 2. The molecule has 23 heavy (non-hydrogen) atoms. The van der Waals surface area contributed by atoms with Crippen molar-refractivity contribution in [3.8, 4) is 17.1 Å². The smallest absolute Gasteiger partial charge is 0.196 e.